The van der Waals surface area contributed by atoms with Gasteiger partial charge in [-0.15, -0.1) is 18.2 Å². The van der Waals surface area contributed by atoms with Gasteiger partial charge in [0.05, 0.1) is 5.58 Å². The Bertz CT molecular complexity index is 2800. The maximum atomic E-state index is 12.0. The van der Waals surface area contributed by atoms with E-state index in [2.05, 4.69) is 81.5 Å². The van der Waals surface area contributed by atoms with Crippen LogP contribution in [0.5, 0.6) is 0 Å². The Balaban J connectivity index is 0.000000201. The number of nitrogens with zero attached hydrogens (tertiary/aromatic N) is 2. The van der Waals surface area contributed by atoms with Crippen molar-refractivity contribution in [1.82, 2.24) is 9.97 Å². The number of furan rings is 1. The van der Waals surface area contributed by atoms with E-state index in [0.29, 0.717) is 22.4 Å². The average molecular weight is 1010 g/mol. The predicted molar refractivity (Wildman–Crippen MR) is 234 cm³/mol. The van der Waals surface area contributed by atoms with Gasteiger partial charge in [-0.25, -0.2) is 0 Å². The first-order chi connectivity index (χ1) is 28.1. The van der Waals surface area contributed by atoms with Crippen molar-refractivity contribution in [3.63, 3.8) is 0 Å². The number of pyridine rings is 2. The van der Waals surface area contributed by atoms with Crippen molar-refractivity contribution >= 4 is 45.6 Å². The van der Waals surface area contributed by atoms with E-state index < -0.39 is 31.0 Å². The molecule has 0 aliphatic rings. The van der Waals surface area contributed by atoms with Gasteiger partial charge in [0.25, 0.3) is 0 Å². The zero-order valence-electron chi connectivity index (χ0n) is 35.6. The summed E-state index contributed by atoms with van der Waals surface area (Å²) in [6.07, 6.45) is 2.14. The van der Waals surface area contributed by atoms with Crippen molar-refractivity contribution < 1.29 is 42.2 Å². The molecule has 3 heterocycles. The van der Waals surface area contributed by atoms with Gasteiger partial charge in [-0.3, -0.25) is 0 Å². The molecule has 1 N–H and O–H groups in total. The molecule has 1 radical (unpaired) electrons. The van der Waals surface area contributed by atoms with Crippen LogP contribution in [-0.2, 0) is 31.4 Å². The minimum Gasteiger partial charge on any atom is -0.501 e. The molecular weight excluding hydrogens is 957 g/mol. The third-order valence-electron chi connectivity index (χ3n) is 9.61. The van der Waals surface area contributed by atoms with E-state index in [9.17, 15) is 4.79 Å². The zero-order chi connectivity index (χ0) is 42.1. The molecule has 6 nitrogen and oxygen atoms in total. The number of hydrogen-bond acceptors (Lipinski definition) is 6. The summed E-state index contributed by atoms with van der Waals surface area (Å²) in [4.78, 5) is 25.1. The van der Waals surface area contributed by atoms with Crippen molar-refractivity contribution in [2.75, 3.05) is 0 Å². The Morgan fingerprint density at radius 2 is 1.53 bits per heavy atom. The smallest absolute Gasteiger partial charge is 0.120 e. The first kappa shape index (κ1) is 39.6. The van der Waals surface area contributed by atoms with E-state index in [4.69, 9.17) is 12.4 Å². The van der Waals surface area contributed by atoms with Crippen molar-refractivity contribution in [1.29, 1.82) is 0 Å². The normalized spacial score (nSPS) is 12.2. The zero-order valence-corrected chi connectivity index (χ0v) is 38.1. The van der Waals surface area contributed by atoms with Crippen molar-refractivity contribution in [3.8, 4) is 44.8 Å². The molecule has 3 aromatic heterocycles. The number of rotatable bonds is 7. The quantitative estimate of drug-likeness (QED) is 0.0741. The molecule has 8 aromatic rings. The maximum absolute atomic E-state index is 12.0. The Labute approximate surface area is 359 Å². The van der Waals surface area contributed by atoms with E-state index in [1.165, 1.54) is 9.96 Å². The maximum Gasteiger partial charge on any atom is 0.120 e. The van der Waals surface area contributed by atoms with Crippen LogP contribution in [0.1, 0.15) is 45.0 Å². The molecule has 0 spiro atoms. The summed E-state index contributed by atoms with van der Waals surface area (Å²) < 4.78 is 24.9. The molecule has 0 aliphatic carbocycles. The van der Waals surface area contributed by atoms with Crippen LogP contribution in [0, 0.1) is 24.5 Å². The molecule has 8 heteroatoms. The number of benzene rings is 5. The number of carbonyl (C=O) groups is 1. The van der Waals surface area contributed by atoms with Crippen LogP contribution in [-0.4, -0.2) is 34.5 Å². The van der Waals surface area contributed by atoms with Crippen LogP contribution in [0.25, 0.3) is 66.7 Å². The van der Waals surface area contributed by atoms with Crippen molar-refractivity contribution in [3.05, 3.63) is 163 Å². The van der Waals surface area contributed by atoms with E-state index in [0.717, 1.165) is 49.9 Å². The topological polar surface area (TPSA) is 85.5 Å². The fraction of sp³-hybridized carbons (Fsp3) is 0.180. The van der Waals surface area contributed by atoms with Gasteiger partial charge < -0.3 is 9.40 Å². The molecule has 58 heavy (non-hydrogen) atoms. The SMILES string of the molecule is Cc1cc(-c2[c-]cc(C(=O)OO)c(-c3ccccc3)c2)nc[c]1[Ge]([CH3])([CH3])[CH3].[2H]C([2H])(c1ccnc(-c2[c-]ccc3c2oc2ccc(-c4ccccc4)cc23)c1)C(C)(C)C.[Ir]. The summed E-state index contributed by atoms with van der Waals surface area (Å²) in [6.45, 7) is 7.84. The third-order valence-corrected chi connectivity index (χ3v) is 14.1. The van der Waals surface area contributed by atoms with Crippen LogP contribution < -0.4 is 4.40 Å². The third kappa shape index (κ3) is 9.57. The largest absolute Gasteiger partial charge is 0.501 e. The summed E-state index contributed by atoms with van der Waals surface area (Å²) in [7, 11) is 0. The molecule has 0 fully saturated rings. The monoisotopic (exact) mass is 1010 g/mol. The number of aromatic nitrogens is 2. The standard InChI is InChI=1S/C28H24NO.C22H22GeNO3.Ir/c1-28(2,3)18-19-14-15-29-25(16-19)23-11-7-10-22-24-17-21(20-8-5-4-6-9-20)12-13-26(24)30-27(22)23;1-15-12-21(24-14-20(15)23(2,3)4)17-10-11-18(22(25)27-26)19(13-17)16-8-6-5-7-9-16;/h4-10,12-17H,18H2,1-3H3;5-9,11-14,26H,1-4H3;/q2*-1;/i18D2;;. The summed E-state index contributed by atoms with van der Waals surface area (Å²) in [5.74, 6) is 6.23. The first-order valence-electron chi connectivity index (χ1n) is 19.9. The molecule has 0 saturated carbocycles. The van der Waals surface area contributed by atoms with Crippen LogP contribution in [0.4, 0.5) is 0 Å². The summed E-state index contributed by atoms with van der Waals surface area (Å²) in [5, 5.41) is 10.9. The van der Waals surface area contributed by atoms with Gasteiger partial charge in [-0.2, -0.15) is 0 Å². The second-order valence-electron chi connectivity index (χ2n) is 16.1. The molecule has 0 bridgehead atoms. The van der Waals surface area contributed by atoms with Crippen LogP contribution in [0.3, 0.4) is 0 Å². The number of fused-ring (bicyclic) bond motifs is 3. The Kier molecular flexibility index (Phi) is 12.1. The summed E-state index contributed by atoms with van der Waals surface area (Å²) in [6, 6.07) is 45.4. The molecule has 295 valence electrons. The predicted octanol–water partition coefficient (Wildman–Crippen LogP) is 12.4. The van der Waals surface area contributed by atoms with Crippen molar-refractivity contribution in [2.24, 2.45) is 5.41 Å². The molecule has 0 amide bonds. The van der Waals surface area contributed by atoms with Crippen LogP contribution >= 0.6 is 0 Å². The van der Waals surface area contributed by atoms with E-state index >= 15 is 0 Å². The van der Waals surface area contributed by atoms with E-state index in [-0.39, 0.29) is 25.7 Å². The second-order valence-corrected chi connectivity index (χ2v) is 26.7. The fourth-order valence-electron chi connectivity index (χ4n) is 7.02. The van der Waals surface area contributed by atoms with E-state index in [1.54, 1.807) is 18.3 Å². The number of carbonyl (C=O) groups excluding carboxylic acids is 1. The van der Waals surface area contributed by atoms with E-state index in [1.807, 2.05) is 106 Å². The van der Waals surface area contributed by atoms with Gasteiger partial charge in [0.15, 0.2) is 0 Å². The minimum absolute atomic E-state index is 0. The molecule has 0 unspecified atom stereocenters. The van der Waals surface area contributed by atoms with Crippen molar-refractivity contribution in [2.45, 2.75) is 51.3 Å². The number of aryl methyl sites for hydroxylation is 1. The van der Waals surface area contributed by atoms with Gasteiger partial charge in [-0.1, -0.05) is 79.7 Å². The Morgan fingerprint density at radius 3 is 2.19 bits per heavy atom. The fourth-order valence-corrected chi connectivity index (χ4v) is 10.6. The Hall–Kier alpha value is -5.18. The second kappa shape index (κ2) is 17.8. The molecule has 5 aromatic carbocycles. The van der Waals surface area contributed by atoms with Gasteiger partial charge in [0.2, 0.25) is 0 Å². The molecule has 0 atom stereocenters. The van der Waals surface area contributed by atoms with Gasteiger partial charge >= 0.3 is 162 Å². The van der Waals surface area contributed by atoms with Gasteiger partial charge in [-0.05, 0) is 46.8 Å². The Morgan fingerprint density at radius 1 is 0.828 bits per heavy atom. The van der Waals surface area contributed by atoms with Gasteiger partial charge in [0.1, 0.15) is 5.58 Å². The number of hydrogen-bond donors (Lipinski definition) is 1. The van der Waals surface area contributed by atoms with Gasteiger partial charge in [0, 0.05) is 34.4 Å². The van der Waals surface area contributed by atoms with Crippen LogP contribution in [0.2, 0.25) is 17.3 Å². The van der Waals surface area contributed by atoms with Crippen LogP contribution in [0.15, 0.2) is 138 Å². The first-order valence-corrected chi connectivity index (χ1v) is 26.2. The summed E-state index contributed by atoms with van der Waals surface area (Å²) >= 11 is -1.97. The molecule has 0 aliphatic heterocycles. The molecule has 0 saturated heterocycles. The minimum atomic E-state index is -1.97. The molecular formula is C50H46GeIrN2O4-2. The molecule has 8 rings (SSSR count). The average Bonchev–Trinajstić information content (AvgIpc) is 3.61. The summed E-state index contributed by atoms with van der Waals surface area (Å²) in [5.41, 5.74) is 9.88.